The van der Waals surface area contributed by atoms with Crippen LogP contribution >= 0.6 is 0 Å². The zero-order valence-electron chi connectivity index (χ0n) is 11.1. The minimum Gasteiger partial charge on any atom is -0.354 e. The molecule has 0 unspecified atom stereocenters. The molecule has 1 heterocycles. The highest BCUT2D eigenvalue weighted by Crippen LogP contribution is 2.21. The topological polar surface area (TPSA) is 54.0 Å². The number of nitrogens with one attached hydrogen (secondary N) is 2. The Morgan fingerprint density at radius 1 is 1.21 bits per heavy atom. The summed E-state index contributed by atoms with van der Waals surface area (Å²) in [6.07, 6.45) is 2.68. The number of amides is 1. The molecule has 0 saturated carbocycles. The van der Waals surface area contributed by atoms with E-state index in [1.54, 1.807) is 12.3 Å². The van der Waals surface area contributed by atoms with E-state index in [1.807, 2.05) is 24.3 Å². The van der Waals surface area contributed by atoms with Crippen LogP contribution in [-0.4, -0.2) is 10.9 Å². The zero-order valence-corrected chi connectivity index (χ0v) is 11.1. The van der Waals surface area contributed by atoms with Crippen LogP contribution in [0.5, 0.6) is 0 Å². The quantitative estimate of drug-likeness (QED) is 0.881. The lowest BCUT2D eigenvalue weighted by Crippen LogP contribution is -2.07. The molecule has 0 spiro atoms. The summed E-state index contributed by atoms with van der Waals surface area (Å²) in [5.41, 5.74) is 3.24. The minimum atomic E-state index is -0.121. The van der Waals surface area contributed by atoms with E-state index in [2.05, 4.69) is 28.6 Å². The minimum absolute atomic E-state index is 0.121. The molecule has 4 nitrogen and oxygen atoms in total. The van der Waals surface area contributed by atoms with Gasteiger partial charge in [-0.05, 0) is 30.2 Å². The first-order valence-electron chi connectivity index (χ1n) is 6.27. The number of rotatable bonds is 4. The average molecular weight is 255 g/mol. The van der Waals surface area contributed by atoms with Crippen molar-refractivity contribution in [3.05, 3.63) is 48.2 Å². The second kappa shape index (κ2) is 6.00. The van der Waals surface area contributed by atoms with Crippen LogP contribution in [0.15, 0.2) is 42.6 Å². The Kier molecular flexibility index (Phi) is 4.13. The summed E-state index contributed by atoms with van der Waals surface area (Å²) in [5.74, 6) is 0.436. The van der Waals surface area contributed by atoms with Gasteiger partial charge in [0, 0.05) is 12.6 Å². The highest BCUT2D eigenvalue weighted by atomic mass is 16.1. The summed E-state index contributed by atoms with van der Waals surface area (Å²) in [5, 5.41) is 5.97. The van der Waals surface area contributed by atoms with Crippen LogP contribution in [0.4, 0.5) is 17.2 Å². The average Bonchev–Trinajstić information content (AvgIpc) is 2.41. The van der Waals surface area contributed by atoms with E-state index in [-0.39, 0.29) is 5.91 Å². The fraction of sp³-hybridized carbons (Fsp3) is 0.200. The first-order chi connectivity index (χ1) is 9.19. The van der Waals surface area contributed by atoms with Gasteiger partial charge in [0.1, 0.15) is 5.82 Å². The number of carbonyl (C=O) groups is 1. The predicted molar refractivity (Wildman–Crippen MR) is 77.6 cm³/mol. The molecular formula is C15H17N3O. The molecule has 0 atom stereocenters. The second-order valence-electron chi connectivity index (χ2n) is 4.25. The van der Waals surface area contributed by atoms with Crippen molar-refractivity contribution in [1.29, 1.82) is 0 Å². The number of hydrogen-bond acceptors (Lipinski definition) is 3. The Bertz CT molecular complexity index is 564. The maximum absolute atomic E-state index is 10.9. The van der Waals surface area contributed by atoms with Crippen LogP contribution in [0, 0.1) is 0 Å². The summed E-state index contributed by atoms with van der Waals surface area (Å²) in [6, 6.07) is 11.8. The molecule has 1 aromatic heterocycles. The second-order valence-corrected chi connectivity index (χ2v) is 4.25. The molecule has 0 aliphatic rings. The van der Waals surface area contributed by atoms with E-state index in [0.717, 1.165) is 17.8 Å². The fourth-order valence-corrected chi connectivity index (χ4v) is 1.83. The number of para-hydroxylation sites is 1. The largest absolute Gasteiger partial charge is 0.354 e. The Hall–Kier alpha value is -2.36. The molecule has 4 heteroatoms. The molecule has 0 bridgehead atoms. The van der Waals surface area contributed by atoms with Crippen LogP contribution in [0.3, 0.4) is 0 Å². The number of pyridine rings is 1. The molecule has 2 rings (SSSR count). The van der Waals surface area contributed by atoms with Crippen molar-refractivity contribution in [2.45, 2.75) is 20.3 Å². The highest BCUT2D eigenvalue weighted by molar-refractivity contribution is 5.87. The van der Waals surface area contributed by atoms with Crippen molar-refractivity contribution in [3.8, 4) is 0 Å². The number of aromatic nitrogens is 1. The maximum Gasteiger partial charge on any atom is 0.222 e. The molecule has 0 fully saturated rings. The molecule has 2 aromatic rings. The molecule has 0 aliphatic carbocycles. The molecule has 2 N–H and O–H groups in total. The van der Waals surface area contributed by atoms with Gasteiger partial charge >= 0.3 is 0 Å². The Balaban J connectivity index is 2.13. The van der Waals surface area contributed by atoms with Gasteiger partial charge in [-0.15, -0.1) is 0 Å². The number of nitrogens with zero attached hydrogens (tertiary/aromatic N) is 1. The van der Waals surface area contributed by atoms with E-state index < -0.39 is 0 Å². The van der Waals surface area contributed by atoms with Gasteiger partial charge in [-0.2, -0.15) is 0 Å². The molecule has 98 valence electrons. The molecule has 1 aromatic carbocycles. The predicted octanol–water partition coefficient (Wildman–Crippen LogP) is 3.35. The van der Waals surface area contributed by atoms with E-state index in [9.17, 15) is 4.79 Å². The van der Waals surface area contributed by atoms with Crippen LogP contribution in [0.1, 0.15) is 19.4 Å². The lowest BCUT2D eigenvalue weighted by atomic mass is 10.1. The number of hydrogen-bond donors (Lipinski definition) is 2. The normalized spacial score (nSPS) is 10.0. The molecule has 0 aliphatic heterocycles. The molecule has 0 radical (unpaired) electrons. The van der Waals surface area contributed by atoms with Gasteiger partial charge in [0.15, 0.2) is 0 Å². The third-order valence-corrected chi connectivity index (χ3v) is 2.74. The van der Waals surface area contributed by atoms with Gasteiger partial charge in [-0.1, -0.05) is 25.1 Å². The lowest BCUT2D eigenvalue weighted by Gasteiger charge is -2.11. The van der Waals surface area contributed by atoms with Crippen LogP contribution < -0.4 is 10.6 Å². The highest BCUT2D eigenvalue weighted by Gasteiger charge is 2.01. The Morgan fingerprint density at radius 3 is 2.63 bits per heavy atom. The summed E-state index contributed by atoms with van der Waals surface area (Å²) in [4.78, 5) is 15.1. The summed E-state index contributed by atoms with van der Waals surface area (Å²) < 4.78 is 0. The number of anilines is 3. The Morgan fingerprint density at radius 2 is 2.00 bits per heavy atom. The van der Waals surface area contributed by atoms with E-state index >= 15 is 0 Å². The summed E-state index contributed by atoms with van der Waals surface area (Å²) in [7, 11) is 0. The van der Waals surface area contributed by atoms with Crippen molar-refractivity contribution in [2.24, 2.45) is 0 Å². The van der Waals surface area contributed by atoms with Crippen LogP contribution in [-0.2, 0) is 11.2 Å². The van der Waals surface area contributed by atoms with Gasteiger partial charge < -0.3 is 10.6 Å². The van der Waals surface area contributed by atoms with Crippen molar-refractivity contribution >= 4 is 23.1 Å². The van der Waals surface area contributed by atoms with E-state index in [4.69, 9.17) is 0 Å². The van der Waals surface area contributed by atoms with Crippen LogP contribution in [0.2, 0.25) is 0 Å². The number of carbonyl (C=O) groups excluding carboxylic acids is 1. The zero-order chi connectivity index (χ0) is 13.7. The van der Waals surface area contributed by atoms with E-state index in [0.29, 0.717) is 5.82 Å². The first kappa shape index (κ1) is 13.1. The first-order valence-corrected chi connectivity index (χ1v) is 6.27. The lowest BCUT2D eigenvalue weighted by molar-refractivity contribution is -0.114. The molecule has 1 amide bonds. The van der Waals surface area contributed by atoms with Crippen LogP contribution in [0.25, 0.3) is 0 Å². The monoisotopic (exact) mass is 255 g/mol. The van der Waals surface area contributed by atoms with E-state index in [1.165, 1.54) is 12.5 Å². The summed E-state index contributed by atoms with van der Waals surface area (Å²) in [6.45, 7) is 3.59. The van der Waals surface area contributed by atoms with Crippen molar-refractivity contribution in [3.63, 3.8) is 0 Å². The van der Waals surface area contributed by atoms with Gasteiger partial charge in [-0.25, -0.2) is 4.98 Å². The van der Waals surface area contributed by atoms with Crippen molar-refractivity contribution in [1.82, 2.24) is 4.98 Å². The van der Waals surface area contributed by atoms with Gasteiger partial charge in [-0.3, -0.25) is 4.79 Å². The summed E-state index contributed by atoms with van der Waals surface area (Å²) >= 11 is 0. The fourth-order valence-electron chi connectivity index (χ4n) is 1.83. The van der Waals surface area contributed by atoms with Gasteiger partial charge in [0.05, 0.1) is 11.9 Å². The van der Waals surface area contributed by atoms with Crippen molar-refractivity contribution < 1.29 is 4.79 Å². The SMILES string of the molecule is CCc1ccccc1Nc1ccc(NC(C)=O)nc1. The standard InChI is InChI=1S/C15H17N3O/c1-3-12-6-4-5-7-14(12)18-13-8-9-15(16-10-13)17-11(2)19/h4-10,18H,3H2,1-2H3,(H,16,17,19). The molecule has 0 saturated heterocycles. The van der Waals surface area contributed by atoms with Gasteiger partial charge in [0.2, 0.25) is 5.91 Å². The molecule has 19 heavy (non-hydrogen) atoms. The van der Waals surface area contributed by atoms with Crippen molar-refractivity contribution in [2.75, 3.05) is 10.6 Å². The maximum atomic E-state index is 10.9. The third kappa shape index (κ3) is 3.55. The molecular weight excluding hydrogens is 238 g/mol. The number of aryl methyl sites for hydroxylation is 1. The number of benzene rings is 1. The Labute approximate surface area is 112 Å². The smallest absolute Gasteiger partial charge is 0.222 e. The third-order valence-electron chi connectivity index (χ3n) is 2.74. The van der Waals surface area contributed by atoms with Gasteiger partial charge in [0.25, 0.3) is 0 Å².